The minimum absolute atomic E-state index is 0.0549. The normalized spacial score (nSPS) is 24.0. The Bertz CT molecular complexity index is 1440. The SMILES string of the molecule is COC[C@H](C)Nc1ncc2c(-c3cc([C@H]4CC[C@H](O)CC4)n4nc(N[C@@H](C)COC)ncc34)cc([C@H]3CC[C@H](O)CC3)n2n1. The van der Waals surface area contributed by atoms with E-state index in [0.717, 1.165) is 84.9 Å². The van der Waals surface area contributed by atoms with Gasteiger partial charge in [-0.25, -0.2) is 19.0 Å². The van der Waals surface area contributed by atoms with Gasteiger partial charge in [-0.1, -0.05) is 0 Å². The molecule has 0 unspecified atom stereocenters. The molecule has 2 fully saturated rings. The van der Waals surface area contributed by atoms with Crippen molar-refractivity contribution >= 4 is 22.9 Å². The summed E-state index contributed by atoms with van der Waals surface area (Å²) in [5.41, 5.74) is 6.18. The number of methoxy groups -OCH3 is 2. The van der Waals surface area contributed by atoms with Crippen LogP contribution in [0.4, 0.5) is 11.9 Å². The van der Waals surface area contributed by atoms with Crippen molar-refractivity contribution in [2.24, 2.45) is 0 Å². The maximum absolute atomic E-state index is 10.2. The van der Waals surface area contributed by atoms with E-state index in [9.17, 15) is 10.2 Å². The molecule has 0 saturated heterocycles. The van der Waals surface area contributed by atoms with Crippen LogP contribution in [-0.2, 0) is 9.47 Å². The van der Waals surface area contributed by atoms with Crippen LogP contribution in [0.1, 0.15) is 88.4 Å². The smallest absolute Gasteiger partial charge is 0.241 e. The Morgan fingerprint density at radius 1 is 0.705 bits per heavy atom. The molecule has 0 aliphatic heterocycles. The van der Waals surface area contributed by atoms with Crippen LogP contribution in [0, 0.1) is 0 Å². The molecule has 4 N–H and O–H groups in total. The van der Waals surface area contributed by atoms with Gasteiger partial charge in [-0.2, -0.15) is 0 Å². The van der Waals surface area contributed by atoms with Crippen LogP contribution >= 0.6 is 0 Å². The lowest BCUT2D eigenvalue weighted by molar-refractivity contribution is 0.121. The first-order valence-electron chi connectivity index (χ1n) is 16.0. The Kier molecular flexibility index (Phi) is 9.31. The lowest BCUT2D eigenvalue weighted by Gasteiger charge is -2.25. The molecule has 0 spiro atoms. The summed E-state index contributed by atoms with van der Waals surface area (Å²) in [6.07, 6.45) is 10.1. The van der Waals surface area contributed by atoms with E-state index in [0.29, 0.717) is 25.1 Å². The average molecular weight is 607 g/mol. The van der Waals surface area contributed by atoms with Crippen LogP contribution < -0.4 is 10.6 Å². The Balaban J connectivity index is 1.47. The molecule has 12 nitrogen and oxygen atoms in total. The monoisotopic (exact) mass is 606 g/mol. The summed E-state index contributed by atoms with van der Waals surface area (Å²) in [5.74, 6) is 1.66. The molecule has 4 aromatic rings. The highest BCUT2D eigenvalue weighted by molar-refractivity contribution is 5.91. The Hall–Kier alpha value is -3.32. The third kappa shape index (κ3) is 6.39. The molecular formula is C32H46N8O4. The number of hydrogen-bond donors (Lipinski definition) is 4. The first kappa shape index (κ1) is 30.7. The zero-order valence-corrected chi connectivity index (χ0v) is 26.2. The van der Waals surface area contributed by atoms with E-state index in [1.54, 1.807) is 14.2 Å². The number of fused-ring (bicyclic) bond motifs is 2. The summed E-state index contributed by atoms with van der Waals surface area (Å²) < 4.78 is 14.7. The standard InChI is InChI=1S/C32H46N8O4/c1-19(17-43-3)35-31-33-15-29-25(13-27(39(29)37-31)21-5-9-23(41)10-6-21)26-14-28(22-7-11-24(42)12-8-22)40-30(26)16-34-32(38-40)36-20(2)18-44-4/h13-16,19-24,41-42H,5-12,17-18H2,1-4H3,(H,35,37)(H,36,38)/t19-,20-,21-,22-,23-,24-/m0/s1. The number of hydrogen-bond acceptors (Lipinski definition) is 10. The van der Waals surface area contributed by atoms with Gasteiger partial charge in [0.15, 0.2) is 0 Å². The molecule has 238 valence electrons. The molecule has 0 aromatic carbocycles. The number of anilines is 2. The fourth-order valence-corrected chi connectivity index (χ4v) is 6.94. The fraction of sp³-hybridized carbons (Fsp3) is 0.625. The Morgan fingerprint density at radius 2 is 1.09 bits per heavy atom. The molecule has 4 heterocycles. The summed E-state index contributed by atoms with van der Waals surface area (Å²) in [4.78, 5) is 9.42. The Labute approximate surface area is 258 Å². The summed E-state index contributed by atoms with van der Waals surface area (Å²) in [6.45, 7) is 5.18. The lowest BCUT2D eigenvalue weighted by atomic mass is 9.85. The number of rotatable bonds is 11. The maximum Gasteiger partial charge on any atom is 0.241 e. The summed E-state index contributed by atoms with van der Waals surface area (Å²) in [5, 5.41) is 37.1. The van der Waals surface area contributed by atoms with E-state index in [1.165, 1.54) is 0 Å². The third-order valence-electron chi connectivity index (χ3n) is 9.19. The number of nitrogens with one attached hydrogen (secondary N) is 2. The number of aliphatic hydroxyl groups is 2. The Morgan fingerprint density at radius 3 is 1.45 bits per heavy atom. The second-order valence-corrected chi connectivity index (χ2v) is 12.7. The second kappa shape index (κ2) is 13.4. The van der Waals surface area contributed by atoms with Crippen molar-refractivity contribution in [1.82, 2.24) is 29.2 Å². The van der Waals surface area contributed by atoms with Gasteiger partial charge in [-0.15, -0.1) is 10.2 Å². The second-order valence-electron chi connectivity index (χ2n) is 12.7. The maximum atomic E-state index is 10.2. The zero-order valence-electron chi connectivity index (χ0n) is 26.2. The van der Waals surface area contributed by atoms with Gasteiger partial charge in [0.05, 0.1) is 48.8 Å². The number of ether oxygens (including phenoxy) is 2. The van der Waals surface area contributed by atoms with Crippen molar-refractivity contribution in [3.63, 3.8) is 0 Å². The molecule has 2 aliphatic carbocycles. The highest BCUT2D eigenvalue weighted by Crippen LogP contribution is 2.42. The molecule has 0 radical (unpaired) electrons. The first-order valence-corrected chi connectivity index (χ1v) is 16.0. The molecule has 2 saturated carbocycles. The van der Waals surface area contributed by atoms with Gasteiger partial charge in [0.1, 0.15) is 0 Å². The fourth-order valence-electron chi connectivity index (χ4n) is 6.94. The van der Waals surface area contributed by atoms with E-state index in [1.807, 2.05) is 35.3 Å². The van der Waals surface area contributed by atoms with E-state index < -0.39 is 0 Å². The predicted octanol–water partition coefficient (Wildman–Crippen LogP) is 4.37. The van der Waals surface area contributed by atoms with Gasteiger partial charge in [0, 0.05) is 60.7 Å². The van der Waals surface area contributed by atoms with Crippen molar-refractivity contribution in [3.05, 3.63) is 35.9 Å². The van der Waals surface area contributed by atoms with Gasteiger partial charge in [-0.05, 0) is 77.3 Å². The minimum Gasteiger partial charge on any atom is -0.393 e. The van der Waals surface area contributed by atoms with Crippen LogP contribution in [0.2, 0.25) is 0 Å². The van der Waals surface area contributed by atoms with Crippen molar-refractivity contribution < 1.29 is 19.7 Å². The minimum atomic E-state index is -0.239. The quantitative estimate of drug-likeness (QED) is 0.194. The van der Waals surface area contributed by atoms with E-state index in [4.69, 9.17) is 29.6 Å². The molecule has 0 bridgehead atoms. The predicted molar refractivity (Wildman–Crippen MR) is 169 cm³/mol. The van der Waals surface area contributed by atoms with Crippen LogP contribution in [0.15, 0.2) is 24.5 Å². The van der Waals surface area contributed by atoms with Crippen molar-refractivity contribution in [2.45, 2.75) is 101 Å². The zero-order chi connectivity index (χ0) is 30.8. The third-order valence-corrected chi connectivity index (χ3v) is 9.19. The number of nitrogens with zero attached hydrogens (tertiary/aromatic N) is 6. The van der Waals surface area contributed by atoms with Crippen molar-refractivity contribution in [3.8, 4) is 11.1 Å². The average Bonchev–Trinajstić information content (AvgIpc) is 3.56. The highest BCUT2D eigenvalue weighted by atomic mass is 16.5. The topological polar surface area (TPSA) is 143 Å². The van der Waals surface area contributed by atoms with E-state index in [-0.39, 0.29) is 36.1 Å². The van der Waals surface area contributed by atoms with Crippen LogP contribution in [0.25, 0.3) is 22.2 Å². The summed E-state index contributed by atoms with van der Waals surface area (Å²) in [7, 11) is 3.37. The molecule has 2 atom stereocenters. The number of aliphatic hydroxyl groups excluding tert-OH is 2. The van der Waals surface area contributed by atoms with Crippen LogP contribution in [0.5, 0.6) is 0 Å². The molecule has 4 aromatic heterocycles. The van der Waals surface area contributed by atoms with Gasteiger partial charge >= 0.3 is 0 Å². The van der Waals surface area contributed by atoms with Crippen LogP contribution in [-0.4, -0.2) is 91.1 Å². The van der Waals surface area contributed by atoms with Gasteiger partial charge in [0.25, 0.3) is 0 Å². The van der Waals surface area contributed by atoms with E-state index in [2.05, 4.69) is 22.8 Å². The molecule has 12 heteroatoms. The van der Waals surface area contributed by atoms with E-state index >= 15 is 0 Å². The summed E-state index contributed by atoms with van der Waals surface area (Å²) in [6, 6.07) is 4.62. The van der Waals surface area contributed by atoms with Crippen molar-refractivity contribution in [2.75, 3.05) is 38.1 Å². The highest BCUT2D eigenvalue weighted by Gasteiger charge is 2.29. The van der Waals surface area contributed by atoms with Gasteiger partial charge in [0.2, 0.25) is 11.9 Å². The van der Waals surface area contributed by atoms with Crippen LogP contribution in [0.3, 0.4) is 0 Å². The first-order chi connectivity index (χ1) is 21.3. The van der Waals surface area contributed by atoms with Gasteiger partial charge < -0.3 is 30.3 Å². The number of aromatic nitrogens is 6. The molecular weight excluding hydrogens is 560 g/mol. The molecule has 44 heavy (non-hydrogen) atoms. The largest absolute Gasteiger partial charge is 0.393 e. The molecule has 2 aliphatic rings. The lowest BCUT2D eigenvalue weighted by Crippen LogP contribution is -2.23. The molecule has 6 rings (SSSR count). The van der Waals surface area contributed by atoms with Gasteiger partial charge in [-0.3, -0.25) is 0 Å². The molecule has 0 amide bonds. The van der Waals surface area contributed by atoms with Crippen molar-refractivity contribution in [1.29, 1.82) is 0 Å². The summed E-state index contributed by atoms with van der Waals surface area (Å²) >= 11 is 0.